The van der Waals surface area contributed by atoms with E-state index in [1.54, 1.807) is 13.8 Å². The zero-order chi connectivity index (χ0) is 15.3. The number of carboxylic acid groups (broad SMARTS) is 1. The van der Waals surface area contributed by atoms with E-state index in [9.17, 15) is 18.4 Å². The van der Waals surface area contributed by atoms with E-state index in [4.69, 9.17) is 5.11 Å². The molecule has 0 aromatic heterocycles. The standard InChI is InChI=1S/C13H16F2N2O3/c1-3-7(2)11(12(18)19)17-13(20)16-8-4-5-9(14)10(15)6-8/h4-7,11H,3H2,1-2H3,(H,18,19)(H2,16,17,20)/t7?,11-/m0/s1. The molecule has 0 aliphatic heterocycles. The maximum Gasteiger partial charge on any atom is 0.326 e. The van der Waals surface area contributed by atoms with Gasteiger partial charge in [-0.3, -0.25) is 0 Å². The fraction of sp³-hybridized carbons (Fsp3) is 0.385. The first-order chi connectivity index (χ1) is 9.35. The Morgan fingerprint density at radius 2 is 1.95 bits per heavy atom. The molecule has 0 heterocycles. The minimum atomic E-state index is -1.15. The Morgan fingerprint density at radius 1 is 1.30 bits per heavy atom. The first kappa shape index (κ1) is 15.9. The first-order valence-electron chi connectivity index (χ1n) is 6.10. The molecule has 1 aromatic rings. The molecule has 110 valence electrons. The van der Waals surface area contributed by atoms with Gasteiger partial charge in [-0.25, -0.2) is 18.4 Å². The van der Waals surface area contributed by atoms with E-state index < -0.39 is 29.7 Å². The van der Waals surface area contributed by atoms with E-state index in [0.29, 0.717) is 6.42 Å². The van der Waals surface area contributed by atoms with E-state index in [-0.39, 0.29) is 11.6 Å². The number of amides is 2. The van der Waals surface area contributed by atoms with E-state index in [1.165, 1.54) is 6.07 Å². The van der Waals surface area contributed by atoms with Crippen molar-refractivity contribution >= 4 is 17.7 Å². The highest BCUT2D eigenvalue weighted by atomic mass is 19.2. The number of hydrogen-bond acceptors (Lipinski definition) is 2. The van der Waals surface area contributed by atoms with Gasteiger partial charge >= 0.3 is 12.0 Å². The molecule has 0 saturated carbocycles. The number of nitrogens with one attached hydrogen (secondary N) is 2. The van der Waals surface area contributed by atoms with Gasteiger partial charge in [-0.1, -0.05) is 20.3 Å². The lowest BCUT2D eigenvalue weighted by Crippen LogP contribution is -2.46. The van der Waals surface area contributed by atoms with Crippen molar-refractivity contribution in [3.05, 3.63) is 29.8 Å². The van der Waals surface area contributed by atoms with Gasteiger partial charge in [0.1, 0.15) is 6.04 Å². The third-order valence-corrected chi connectivity index (χ3v) is 2.94. The Kier molecular flexibility index (Phi) is 5.42. The molecule has 0 fully saturated rings. The molecule has 2 amide bonds. The van der Waals surface area contributed by atoms with Gasteiger partial charge in [0.05, 0.1) is 0 Å². The van der Waals surface area contributed by atoms with Crippen LogP contribution in [0.1, 0.15) is 20.3 Å². The van der Waals surface area contributed by atoms with Crippen LogP contribution in [0.5, 0.6) is 0 Å². The molecule has 1 aromatic carbocycles. The summed E-state index contributed by atoms with van der Waals surface area (Å²) in [6, 6.07) is 1.02. The molecule has 0 radical (unpaired) electrons. The van der Waals surface area contributed by atoms with Crippen LogP contribution in [0.25, 0.3) is 0 Å². The van der Waals surface area contributed by atoms with Crippen molar-refractivity contribution in [2.24, 2.45) is 5.92 Å². The summed E-state index contributed by atoms with van der Waals surface area (Å²) in [7, 11) is 0. The van der Waals surface area contributed by atoms with E-state index in [2.05, 4.69) is 10.6 Å². The summed E-state index contributed by atoms with van der Waals surface area (Å²) in [5, 5.41) is 13.6. The van der Waals surface area contributed by atoms with Crippen LogP contribution in [0, 0.1) is 17.6 Å². The molecule has 0 spiro atoms. The van der Waals surface area contributed by atoms with Crippen LogP contribution in [0.4, 0.5) is 19.3 Å². The Morgan fingerprint density at radius 3 is 2.45 bits per heavy atom. The van der Waals surface area contributed by atoms with Crippen LogP contribution < -0.4 is 10.6 Å². The Balaban J connectivity index is 2.70. The van der Waals surface area contributed by atoms with Crippen LogP contribution in [-0.2, 0) is 4.79 Å². The van der Waals surface area contributed by atoms with Gasteiger partial charge in [0.2, 0.25) is 0 Å². The number of urea groups is 1. The van der Waals surface area contributed by atoms with Crippen LogP contribution in [0.2, 0.25) is 0 Å². The second-order valence-corrected chi connectivity index (χ2v) is 4.43. The molecule has 0 aliphatic carbocycles. The first-order valence-corrected chi connectivity index (χ1v) is 6.10. The third kappa shape index (κ3) is 4.18. The summed E-state index contributed by atoms with van der Waals surface area (Å²) < 4.78 is 25.7. The molecule has 1 rings (SSSR count). The number of aliphatic carboxylic acids is 1. The minimum Gasteiger partial charge on any atom is -0.480 e. The smallest absolute Gasteiger partial charge is 0.326 e. The maximum absolute atomic E-state index is 13.0. The van der Waals surface area contributed by atoms with Gasteiger partial charge < -0.3 is 15.7 Å². The van der Waals surface area contributed by atoms with Crippen LogP contribution in [-0.4, -0.2) is 23.1 Å². The van der Waals surface area contributed by atoms with Gasteiger partial charge in [0, 0.05) is 11.8 Å². The Labute approximate surface area is 115 Å². The average molecular weight is 286 g/mol. The lowest BCUT2D eigenvalue weighted by Gasteiger charge is -2.20. The molecule has 0 aliphatic rings. The quantitative estimate of drug-likeness (QED) is 0.778. The molecule has 3 N–H and O–H groups in total. The zero-order valence-electron chi connectivity index (χ0n) is 11.1. The van der Waals surface area contributed by atoms with E-state index in [1.807, 2.05) is 0 Å². The SMILES string of the molecule is CCC(C)[C@H](NC(=O)Nc1ccc(F)c(F)c1)C(=O)O. The number of benzene rings is 1. The third-order valence-electron chi connectivity index (χ3n) is 2.94. The summed E-state index contributed by atoms with van der Waals surface area (Å²) in [6.07, 6.45) is 0.572. The Bertz CT molecular complexity index is 508. The molecule has 5 nitrogen and oxygen atoms in total. The van der Waals surface area contributed by atoms with Crippen molar-refractivity contribution < 1.29 is 23.5 Å². The second kappa shape index (κ2) is 6.83. The number of carbonyl (C=O) groups is 2. The minimum absolute atomic E-state index is 0.0368. The van der Waals surface area contributed by atoms with Gasteiger partial charge in [0.15, 0.2) is 11.6 Å². The molecule has 2 atom stereocenters. The highest BCUT2D eigenvalue weighted by Crippen LogP contribution is 2.13. The highest BCUT2D eigenvalue weighted by Gasteiger charge is 2.25. The number of rotatable bonds is 5. The molecule has 0 bridgehead atoms. The summed E-state index contributed by atoms with van der Waals surface area (Å²) in [6.45, 7) is 3.49. The van der Waals surface area contributed by atoms with Gasteiger partial charge in [-0.15, -0.1) is 0 Å². The summed E-state index contributed by atoms with van der Waals surface area (Å²) in [5.41, 5.74) is 0.0368. The predicted molar refractivity (Wildman–Crippen MR) is 69.4 cm³/mol. The van der Waals surface area contributed by atoms with Crippen LogP contribution in [0.15, 0.2) is 18.2 Å². The average Bonchev–Trinajstić information content (AvgIpc) is 2.39. The number of anilines is 1. The lowest BCUT2D eigenvalue weighted by atomic mass is 9.99. The van der Waals surface area contributed by atoms with Gasteiger partial charge in [0.25, 0.3) is 0 Å². The van der Waals surface area contributed by atoms with Crippen LogP contribution in [0.3, 0.4) is 0 Å². The normalized spacial score (nSPS) is 13.4. The molecule has 20 heavy (non-hydrogen) atoms. The molecular weight excluding hydrogens is 270 g/mol. The number of halogens is 2. The summed E-state index contributed by atoms with van der Waals surface area (Å²) >= 11 is 0. The van der Waals surface area contributed by atoms with E-state index in [0.717, 1.165) is 12.1 Å². The van der Waals surface area contributed by atoms with Crippen LogP contribution >= 0.6 is 0 Å². The summed E-state index contributed by atoms with van der Waals surface area (Å²) in [5.74, 6) is -3.54. The molecule has 0 saturated heterocycles. The van der Waals surface area contributed by atoms with Crippen molar-refractivity contribution in [1.82, 2.24) is 5.32 Å². The topological polar surface area (TPSA) is 78.4 Å². The van der Waals surface area contributed by atoms with E-state index >= 15 is 0 Å². The van der Waals surface area contributed by atoms with Crippen molar-refractivity contribution in [2.75, 3.05) is 5.32 Å². The van der Waals surface area contributed by atoms with Crippen molar-refractivity contribution in [2.45, 2.75) is 26.3 Å². The largest absolute Gasteiger partial charge is 0.480 e. The summed E-state index contributed by atoms with van der Waals surface area (Å²) in [4.78, 5) is 22.7. The van der Waals surface area contributed by atoms with Crippen molar-refractivity contribution in [1.29, 1.82) is 0 Å². The Hall–Kier alpha value is -2.18. The molecule has 1 unspecified atom stereocenters. The fourth-order valence-corrected chi connectivity index (χ4v) is 1.57. The molecular formula is C13H16F2N2O3. The number of hydrogen-bond donors (Lipinski definition) is 3. The predicted octanol–water partition coefficient (Wildman–Crippen LogP) is 2.59. The number of carboxylic acids is 1. The zero-order valence-corrected chi connectivity index (χ0v) is 11.1. The monoisotopic (exact) mass is 286 g/mol. The molecule has 7 heteroatoms. The van der Waals surface area contributed by atoms with Crippen molar-refractivity contribution in [3.8, 4) is 0 Å². The second-order valence-electron chi connectivity index (χ2n) is 4.43. The lowest BCUT2D eigenvalue weighted by molar-refractivity contribution is -0.140. The van der Waals surface area contributed by atoms with Gasteiger partial charge in [-0.05, 0) is 18.1 Å². The number of carbonyl (C=O) groups excluding carboxylic acids is 1. The van der Waals surface area contributed by atoms with Gasteiger partial charge in [-0.2, -0.15) is 0 Å². The fourth-order valence-electron chi connectivity index (χ4n) is 1.57. The van der Waals surface area contributed by atoms with Crippen molar-refractivity contribution in [3.63, 3.8) is 0 Å². The maximum atomic E-state index is 13.0. The highest BCUT2D eigenvalue weighted by molar-refractivity contribution is 5.92.